The first-order chi connectivity index (χ1) is 11.9. The Balaban J connectivity index is 1.78. The van der Waals surface area contributed by atoms with Crippen LogP contribution in [0.15, 0.2) is 15.7 Å². The molecule has 2 aliphatic carbocycles. The number of halogens is 2. The Bertz CT molecular complexity index is 1030. The van der Waals surface area contributed by atoms with Crippen LogP contribution in [0.3, 0.4) is 0 Å². The lowest BCUT2D eigenvalue weighted by molar-refractivity contribution is 0.614. The van der Waals surface area contributed by atoms with E-state index in [9.17, 15) is 14.0 Å². The Kier molecular flexibility index (Phi) is 2.90. The molecule has 2 heterocycles. The zero-order valence-corrected chi connectivity index (χ0v) is 14.0. The Morgan fingerprint density at radius 2 is 1.84 bits per heavy atom. The van der Waals surface area contributed by atoms with E-state index in [0.717, 1.165) is 18.9 Å². The summed E-state index contributed by atoms with van der Waals surface area (Å²) in [6, 6.07) is 1.26. The van der Waals surface area contributed by atoms with E-state index in [1.807, 2.05) is 4.90 Å². The molecule has 2 unspecified atom stereocenters. The zero-order valence-electron chi connectivity index (χ0n) is 13.3. The molecule has 3 aliphatic rings. The normalized spacial score (nSPS) is 27.8. The molecule has 7 nitrogen and oxygen atoms in total. The highest BCUT2D eigenvalue weighted by Gasteiger charge is 2.54. The first-order valence-corrected chi connectivity index (χ1v) is 8.72. The third kappa shape index (κ3) is 1.95. The number of nitrogen functional groups attached to an aromatic ring is 1. The molecule has 2 atom stereocenters. The summed E-state index contributed by atoms with van der Waals surface area (Å²) < 4.78 is 16.8. The second-order valence-corrected chi connectivity index (χ2v) is 7.66. The average molecular weight is 366 g/mol. The molecule has 2 saturated carbocycles. The summed E-state index contributed by atoms with van der Waals surface area (Å²) in [5, 5.41) is 0.132. The van der Waals surface area contributed by atoms with E-state index < -0.39 is 17.1 Å². The lowest BCUT2D eigenvalue weighted by atomic mass is 10.1. The van der Waals surface area contributed by atoms with Crippen molar-refractivity contribution in [1.29, 1.82) is 0 Å². The number of nitrogens with zero attached hydrogens (tertiary/aromatic N) is 3. The van der Waals surface area contributed by atoms with Crippen LogP contribution in [0.1, 0.15) is 18.9 Å². The van der Waals surface area contributed by atoms with Gasteiger partial charge in [-0.15, -0.1) is 0 Å². The predicted octanol–water partition coefficient (Wildman–Crippen LogP) is 0.398. The van der Waals surface area contributed by atoms with Gasteiger partial charge in [0.15, 0.2) is 0 Å². The van der Waals surface area contributed by atoms with Crippen LogP contribution in [0.25, 0.3) is 10.9 Å². The number of benzene rings is 1. The summed E-state index contributed by atoms with van der Waals surface area (Å²) in [5.74, 6) is 5.73. The molecule has 5 rings (SSSR count). The number of anilines is 1. The second-order valence-electron chi connectivity index (χ2n) is 7.29. The highest BCUT2D eigenvalue weighted by molar-refractivity contribution is 6.38. The largest absolute Gasteiger partial charge is 0.367 e. The summed E-state index contributed by atoms with van der Waals surface area (Å²) in [4.78, 5) is 26.7. The average Bonchev–Trinajstić information content (AvgIpc) is 3.46. The summed E-state index contributed by atoms with van der Waals surface area (Å²) in [6.07, 6.45) is 1.61. The summed E-state index contributed by atoms with van der Waals surface area (Å²) in [7, 11) is 0. The minimum absolute atomic E-state index is 0.0290. The van der Waals surface area contributed by atoms with Crippen LogP contribution in [0, 0.1) is 17.7 Å². The van der Waals surface area contributed by atoms with Crippen LogP contribution in [0.5, 0.6) is 0 Å². The van der Waals surface area contributed by atoms with Crippen molar-refractivity contribution in [1.82, 2.24) is 9.24 Å². The molecule has 25 heavy (non-hydrogen) atoms. The highest BCUT2D eigenvalue weighted by atomic mass is 35.5. The fourth-order valence-electron chi connectivity index (χ4n) is 4.14. The molecule has 0 radical (unpaired) electrons. The maximum Gasteiger partial charge on any atom is 0.350 e. The lowest BCUT2D eigenvalue weighted by Gasteiger charge is -2.24. The topological polar surface area (TPSA) is 99.3 Å². The van der Waals surface area contributed by atoms with Crippen molar-refractivity contribution >= 4 is 28.2 Å². The Morgan fingerprint density at radius 1 is 1.20 bits per heavy atom. The monoisotopic (exact) mass is 365 g/mol. The van der Waals surface area contributed by atoms with Gasteiger partial charge >= 0.3 is 5.69 Å². The van der Waals surface area contributed by atoms with Gasteiger partial charge in [-0.1, -0.05) is 11.6 Å². The van der Waals surface area contributed by atoms with Crippen LogP contribution < -0.4 is 27.7 Å². The standard InChI is InChI=1S/C16H17ClFN5O2/c17-11-13-7(15(24)23(20)16(25)22(13)6-1-2-6)3-10(18)14(11)21-4-8-9(5-21)12(8)19/h3,6,8-9,12H,1-2,4-5,19-20H2. The van der Waals surface area contributed by atoms with Gasteiger partial charge < -0.3 is 16.5 Å². The van der Waals surface area contributed by atoms with Crippen LogP contribution in [-0.4, -0.2) is 28.4 Å². The summed E-state index contributed by atoms with van der Waals surface area (Å²) in [5.41, 5.74) is 5.12. The van der Waals surface area contributed by atoms with Crippen molar-refractivity contribution in [2.24, 2.45) is 17.6 Å². The Hall–Kier alpha value is -2.06. The van der Waals surface area contributed by atoms with Crippen LogP contribution in [0.4, 0.5) is 10.1 Å². The molecular formula is C16H17ClFN5O2. The van der Waals surface area contributed by atoms with Gasteiger partial charge in [0.1, 0.15) is 5.82 Å². The number of fused-ring (bicyclic) bond motifs is 2. The number of aromatic nitrogens is 2. The molecular weight excluding hydrogens is 349 g/mol. The van der Waals surface area contributed by atoms with Crippen molar-refractivity contribution in [2.75, 3.05) is 23.8 Å². The van der Waals surface area contributed by atoms with Gasteiger partial charge in [0.2, 0.25) is 0 Å². The minimum atomic E-state index is -0.740. The van der Waals surface area contributed by atoms with Gasteiger partial charge in [-0.05, 0) is 30.7 Å². The molecule has 1 aromatic carbocycles. The molecule has 1 saturated heterocycles. The van der Waals surface area contributed by atoms with E-state index in [0.29, 0.717) is 29.6 Å². The molecule has 4 N–H and O–H groups in total. The SMILES string of the molecule is NC1C2CN(c3c(F)cc4c(=O)n(N)c(=O)n(C5CC5)c4c3Cl)CC12. The smallest absolute Gasteiger partial charge is 0.350 e. The van der Waals surface area contributed by atoms with Crippen LogP contribution >= 0.6 is 11.6 Å². The number of piperidine rings is 1. The molecule has 2 aromatic rings. The van der Waals surface area contributed by atoms with Gasteiger partial charge in [-0.2, -0.15) is 4.68 Å². The van der Waals surface area contributed by atoms with E-state index in [2.05, 4.69) is 0 Å². The molecule has 132 valence electrons. The number of hydrogen-bond acceptors (Lipinski definition) is 5. The van der Waals surface area contributed by atoms with Gasteiger partial charge in [-0.25, -0.2) is 9.18 Å². The van der Waals surface area contributed by atoms with Gasteiger partial charge in [0, 0.05) is 25.2 Å². The maximum atomic E-state index is 14.8. The summed E-state index contributed by atoms with van der Waals surface area (Å²) in [6.45, 7) is 1.27. The van der Waals surface area contributed by atoms with E-state index in [1.54, 1.807) is 0 Å². The second kappa shape index (κ2) is 4.76. The number of hydrogen-bond donors (Lipinski definition) is 2. The first kappa shape index (κ1) is 15.2. The third-order valence-electron chi connectivity index (χ3n) is 5.76. The molecule has 1 aromatic heterocycles. The molecule has 3 fully saturated rings. The first-order valence-electron chi connectivity index (χ1n) is 8.35. The van der Waals surface area contributed by atoms with Crippen molar-refractivity contribution in [3.63, 3.8) is 0 Å². The van der Waals surface area contributed by atoms with Gasteiger partial charge in [0.25, 0.3) is 5.56 Å². The molecule has 0 spiro atoms. The lowest BCUT2D eigenvalue weighted by Crippen LogP contribution is -2.44. The Morgan fingerprint density at radius 3 is 2.44 bits per heavy atom. The third-order valence-corrected chi connectivity index (χ3v) is 6.12. The minimum Gasteiger partial charge on any atom is -0.367 e. The van der Waals surface area contributed by atoms with Crippen molar-refractivity contribution < 1.29 is 4.39 Å². The van der Waals surface area contributed by atoms with E-state index in [-0.39, 0.29) is 33.7 Å². The van der Waals surface area contributed by atoms with Crippen molar-refractivity contribution in [3.8, 4) is 0 Å². The summed E-state index contributed by atoms with van der Waals surface area (Å²) >= 11 is 6.54. The molecule has 0 bridgehead atoms. The van der Waals surface area contributed by atoms with E-state index in [4.69, 9.17) is 23.2 Å². The highest BCUT2D eigenvalue weighted by Crippen LogP contribution is 2.48. The fraction of sp³-hybridized carbons (Fsp3) is 0.500. The maximum absolute atomic E-state index is 14.8. The predicted molar refractivity (Wildman–Crippen MR) is 93.0 cm³/mol. The van der Waals surface area contributed by atoms with Crippen molar-refractivity contribution in [3.05, 3.63) is 37.7 Å². The van der Waals surface area contributed by atoms with Gasteiger partial charge in [0.05, 0.1) is 21.6 Å². The zero-order chi connectivity index (χ0) is 17.6. The Labute approximate surface area is 146 Å². The van der Waals surface area contributed by atoms with Crippen molar-refractivity contribution in [2.45, 2.75) is 24.9 Å². The van der Waals surface area contributed by atoms with Gasteiger partial charge in [-0.3, -0.25) is 9.36 Å². The number of rotatable bonds is 2. The molecule has 1 aliphatic heterocycles. The fourth-order valence-corrected chi connectivity index (χ4v) is 4.54. The molecule has 0 amide bonds. The quantitative estimate of drug-likeness (QED) is 0.750. The number of nitrogens with two attached hydrogens (primary N) is 2. The van der Waals surface area contributed by atoms with E-state index in [1.165, 1.54) is 4.57 Å². The molecule has 9 heteroatoms. The van der Waals surface area contributed by atoms with E-state index >= 15 is 0 Å². The van der Waals surface area contributed by atoms with Crippen LogP contribution in [0.2, 0.25) is 5.02 Å². The van der Waals surface area contributed by atoms with Crippen LogP contribution in [-0.2, 0) is 0 Å².